The SMILES string of the molecule is CC1=CCc2cc(O)ccc2N1CCO. The Balaban J connectivity index is 2.40. The minimum atomic E-state index is 0.130. The number of aliphatic hydroxyl groups excluding tert-OH is 1. The second kappa shape index (κ2) is 3.95. The van der Waals surface area contributed by atoms with E-state index >= 15 is 0 Å². The Morgan fingerprint density at radius 2 is 2.20 bits per heavy atom. The second-order valence-corrected chi connectivity index (χ2v) is 3.74. The van der Waals surface area contributed by atoms with E-state index < -0.39 is 0 Å². The van der Waals surface area contributed by atoms with Gasteiger partial charge in [0, 0.05) is 17.9 Å². The van der Waals surface area contributed by atoms with Crippen molar-refractivity contribution in [2.45, 2.75) is 13.3 Å². The zero-order chi connectivity index (χ0) is 10.8. The number of phenolic OH excluding ortho intramolecular Hbond substituents is 1. The summed E-state index contributed by atoms with van der Waals surface area (Å²) in [6.07, 6.45) is 2.95. The summed E-state index contributed by atoms with van der Waals surface area (Å²) in [5.41, 5.74) is 3.35. The molecule has 0 spiro atoms. The van der Waals surface area contributed by atoms with Gasteiger partial charge in [0.2, 0.25) is 0 Å². The van der Waals surface area contributed by atoms with Gasteiger partial charge in [-0.3, -0.25) is 0 Å². The molecule has 0 saturated heterocycles. The Bertz CT molecular complexity index is 399. The van der Waals surface area contributed by atoms with Crippen LogP contribution in [0, 0.1) is 0 Å². The molecule has 1 aromatic rings. The van der Waals surface area contributed by atoms with E-state index in [0.717, 1.165) is 23.4 Å². The van der Waals surface area contributed by atoms with E-state index in [1.165, 1.54) is 0 Å². The highest BCUT2D eigenvalue weighted by Gasteiger charge is 2.16. The van der Waals surface area contributed by atoms with E-state index in [1.807, 2.05) is 13.0 Å². The molecule has 3 nitrogen and oxygen atoms in total. The number of benzene rings is 1. The number of nitrogens with zero attached hydrogens (tertiary/aromatic N) is 1. The van der Waals surface area contributed by atoms with Crippen molar-refractivity contribution >= 4 is 5.69 Å². The number of hydrogen-bond donors (Lipinski definition) is 2. The number of aliphatic hydroxyl groups is 1. The van der Waals surface area contributed by atoms with E-state index in [9.17, 15) is 5.11 Å². The third-order valence-electron chi connectivity index (χ3n) is 2.72. The molecule has 0 radical (unpaired) electrons. The third kappa shape index (κ3) is 1.83. The smallest absolute Gasteiger partial charge is 0.116 e. The summed E-state index contributed by atoms with van der Waals surface area (Å²) in [6, 6.07) is 5.36. The van der Waals surface area contributed by atoms with Crippen LogP contribution in [0.25, 0.3) is 0 Å². The normalized spacial score (nSPS) is 14.8. The molecule has 0 saturated carbocycles. The van der Waals surface area contributed by atoms with Crippen molar-refractivity contribution in [2.75, 3.05) is 18.1 Å². The van der Waals surface area contributed by atoms with Crippen molar-refractivity contribution in [1.82, 2.24) is 0 Å². The van der Waals surface area contributed by atoms with Gasteiger partial charge in [0.1, 0.15) is 5.75 Å². The zero-order valence-corrected chi connectivity index (χ0v) is 8.77. The first-order valence-corrected chi connectivity index (χ1v) is 5.09. The van der Waals surface area contributed by atoms with Crippen molar-refractivity contribution in [3.63, 3.8) is 0 Å². The highest BCUT2D eigenvalue weighted by Crippen LogP contribution is 2.31. The highest BCUT2D eigenvalue weighted by atomic mass is 16.3. The van der Waals surface area contributed by atoms with Crippen LogP contribution in [-0.2, 0) is 6.42 Å². The van der Waals surface area contributed by atoms with Crippen molar-refractivity contribution in [1.29, 1.82) is 0 Å². The number of fused-ring (bicyclic) bond motifs is 1. The van der Waals surface area contributed by atoms with Crippen LogP contribution in [0.2, 0.25) is 0 Å². The van der Waals surface area contributed by atoms with Crippen molar-refractivity contribution in [2.24, 2.45) is 0 Å². The van der Waals surface area contributed by atoms with Crippen LogP contribution < -0.4 is 4.90 Å². The maximum Gasteiger partial charge on any atom is 0.116 e. The van der Waals surface area contributed by atoms with Gasteiger partial charge in [-0.2, -0.15) is 0 Å². The molecular formula is C12H15NO2. The standard InChI is InChI=1S/C12H15NO2/c1-9-2-3-10-8-11(15)4-5-12(10)13(9)6-7-14/h2,4-5,8,14-15H,3,6-7H2,1H3. The lowest BCUT2D eigenvalue weighted by atomic mass is 10.0. The second-order valence-electron chi connectivity index (χ2n) is 3.74. The summed E-state index contributed by atoms with van der Waals surface area (Å²) in [6.45, 7) is 2.76. The number of hydrogen-bond acceptors (Lipinski definition) is 3. The Morgan fingerprint density at radius 3 is 2.93 bits per heavy atom. The zero-order valence-electron chi connectivity index (χ0n) is 8.77. The molecule has 1 aromatic carbocycles. The molecule has 0 bridgehead atoms. The lowest BCUT2D eigenvalue weighted by Gasteiger charge is -2.30. The summed E-state index contributed by atoms with van der Waals surface area (Å²) in [5, 5.41) is 18.4. The summed E-state index contributed by atoms with van der Waals surface area (Å²) < 4.78 is 0. The van der Waals surface area contributed by atoms with Gasteiger partial charge in [0.05, 0.1) is 6.61 Å². The number of allylic oxidation sites excluding steroid dienone is 2. The summed E-state index contributed by atoms with van der Waals surface area (Å²) >= 11 is 0. The Kier molecular flexibility index (Phi) is 2.64. The molecule has 0 aromatic heterocycles. The largest absolute Gasteiger partial charge is 0.508 e. The van der Waals surface area contributed by atoms with Crippen molar-refractivity contribution in [3.8, 4) is 5.75 Å². The number of phenols is 1. The number of β-amino-alcohol motifs (C(OH)–C–C–N with tert-alkyl or cyclic N) is 1. The molecule has 3 heteroatoms. The first-order chi connectivity index (χ1) is 7.22. The molecule has 2 rings (SSSR count). The number of rotatable bonds is 2. The van der Waals surface area contributed by atoms with Crippen LogP contribution in [0.15, 0.2) is 30.0 Å². The van der Waals surface area contributed by atoms with Gasteiger partial charge in [0.25, 0.3) is 0 Å². The van der Waals surface area contributed by atoms with Crippen molar-refractivity contribution < 1.29 is 10.2 Å². The molecule has 0 aliphatic carbocycles. The van der Waals surface area contributed by atoms with Gasteiger partial charge >= 0.3 is 0 Å². The van der Waals surface area contributed by atoms with Crippen LogP contribution in [0.5, 0.6) is 5.75 Å². The number of aromatic hydroxyl groups is 1. The minimum absolute atomic E-state index is 0.130. The van der Waals surface area contributed by atoms with E-state index in [4.69, 9.17) is 5.11 Å². The summed E-state index contributed by atoms with van der Waals surface area (Å²) in [7, 11) is 0. The molecular weight excluding hydrogens is 190 g/mol. The van der Waals surface area contributed by atoms with Crippen LogP contribution >= 0.6 is 0 Å². The molecule has 0 fully saturated rings. The molecule has 1 aliphatic heterocycles. The molecule has 2 N–H and O–H groups in total. The fourth-order valence-corrected chi connectivity index (χ4v) is 1.95. The van der Waals surface area contributed by atoms with Crippen LogP contribution in [-0.4, -0.2) is 23.4 Å². The monoisotopic (exact) mass is 205 g/mol. The predicted molar refractivity (Wildman–Crippen MR) is 60.0 cm³/mol. The first kappa shape index (κ1) is 10.1. The van der Waals surface area contributed by atoms with Crippen LogP contribution in [0.3, 0.4) is 0 Å². The van der Waals surface area contributed by atoms with Gasteiger partial charge in [-0.05, 0) is 37.1 Å². The summed E-state index contributed by atoms with van der Waals surface area (Å²) in [5.74, 6) is 0.297. The predicted octanol–water partition coefficient (Wildman–Crippen LogP) is 1.65. The first-order valence-electron chi connectivity index (χ1n) is 5.09. The Morgan fingerprint density at radius 1 is 1.40 bits per heavy atom. The lowest BCUT2D eigenvalue weighted by Crippen LogP contribution is -2.27. The molecule has 0 unspecified atom stereocenters. The Labute approximate surface area is 89.3 Å². The molecule has 15 heavy (non-hydrogen) atoms. The quantitative estimate of drug-likeness (QED) is 0.771. The molecule has 1 aliphatic rings. The van der Waals surface area contributed by atoms with Gasteiger partial charge < -0.3 is 15.1 Å². The topological polar surface area (TPSA) is 43.7 Å². The van der Waals surface area contributed by atoms with Gasteiger partial charge in [-0.1, -0.05) is 6.08 Å². The summed E-state index contributed by atoms with van der Waals surface area (Å²) in [4.78, 5) is 2.07. The third-order valence-corrected chi connectivity index (χ3v) is 2.72. The molecule has 1 heterocycles. The Hall–Kier alpha value is -1.48. The fourth-order valence-electron chi connectivity index (χ4n) is 1.95. The lowest BCUT2D eigenvalue weighted by molar-refractivity contribution is 0.304. The highest BCUT2D eigenvalue weighted by molar-refractivity contribution is 5.62. The van der Waals surface area contributed by atoms with Gasteiger partial charge in [0.15, 0.2) is 0 Å². The van der Waals surface area contributed by atoms with Gasteiger partial charge in [-0.15, -0.1) is 0 Å². The number of anilines is 1. The maximum absolute atomic E-state index is 9.38. The molecule has 0 amide bonds. The molecule has 80 valence electrons. The fraction of sp³-hybridized carbons (Fsp3) is 0.333. The van der Waals surface area contributed by atoms with E-state index in [2.05, 4.69) is 11.0 Å². The van der Waals surface area contributed by atoms with Crippen LogP contribution in [0.1, 0.15) is 12.5 Å². The minimum Gasteiger partial charge on any atom is -0.508 e. The average molecular weight is 205 g/mol. The van der Waals surface area contributed by atoms with E-state index in [-0.39, 0.29) is 6.61 Å². The van der Waals surface area contributed by atoms with E-state index in [1.54, 1.807) is 12.1 Å². The maximum atomic E-state index is 9.38. The van der Waals surface area contributed by atoms with Crippen LogP contribution in [0.4, 0.5) is 5.69 Å². The molecule has 0 atom stereocenters. The average Bonchev–Trinajstić information content (AvgIpc) is 2.22. The van der Waals surface area contributed by atoms with Crippen molar-refractivity contribution in [3.05, 3.63) is 35.5 Å². The van der Waals surface area contributed by atoms with E-state index in [0.29, 0.717) is 12.3 Å². The van der Waals surface area contributed by atoms with Gasteiger partial charge in [-0.25, -0.2) is 0 Å².